The Balaban J connectivity index is 1.06. The molecule has 0 fully saturated rings. The Morgan fingerprint density at radius 2 is 1.52 bits per heavy atom. The Kier molecular flexibility index (Phi) is 9.68. The average Bonchev–Trinajstić information content (AvgIpc) is 3.12. The van der Waals surface area contributed by atoms with Crippen LogP contribution in [0.3, 0.4) is 0 Å². The number of nitrogens with zero attached hydrogens (tertiary/aromatic N) is 2. The highest BCUT2D eigenvalue weighted by Crippen LogP contribution is 2.33. The molecule has 1 amide bonds. The van der Waals surface area contributed by atoms with E-state index in [0.29, 0.717) is 16.8 Å². The van der Waals surface area contributed by atoms with Crippen LogP contribution in [0, 0.1) is 0 Å². The van der Waals surface area contributed by atoms with Gasteiger partial charge in [-0.2, -0.15) is 0 Å². The monoisotopic (exact) mass is 642 g/mol. The molecule has 9 heteroatoms. The molecule has 0 aliphatic carbocycles. The van der Waals surface area contributed by atoms with Crippen LogP contribution in [0.4, 0.5) is 5.69 Å². The fourth-order valence-electron chi connectivity index (χ4n) is 5.92. The lowest BCUT2D eigenvalue weighted by Crippen LogP contribution is -2.52. The molecule has 1 aliphatic rings. The van der Waals surface area contributed by atoms with E-state index in [1.54, 1.807) is 57.7 Å². The number of carbonyl (C=O) groups excluding carboxylic acids is 1. The molecular formula is C39H38N4O5. The first-order valence-electron chi connectivity index (χ1n) is 15.9. The van der Waals surface area contributed by atoms with Gasteiger partial charge in [-0.15, -0.1) is 0 Å². The van der Waals surface area contributed by atoms with Gasteiger partial charge in [0.25, 0.3) is 17.0 Å². The Bertz CT molecular complexity index is 2170. The van der Waals surface area contributed by atoms with Gasteiger partial charge < -0.3 is 24.3 Å². The van der Waals surface area contributed by atoms with Gasteiger partial charge in [-0.05, 0) is 89.2 Å². The SMILES string of the molecule is COc1cc2c(cc1OC)CN(CCc1ccc(NC(=O)c3ccc(/C=c4\[nH]c(=O)/c(=C/c5ccccc5)n(C)c4=O)cc3)cc1)CC2. The van der Waals surface area contributed by atoms with E-state index in [-0.39, 0.29) is 27.7 Å². The molecule has 0 bridgehead atoms. The maximum Gasteiger partial charge on any atom is 0.274 e. The zero-order valence-corrected chi connectivity index (χ0v) is 27.3. The summed E-state index contributed by atoms with van der Waals surface area (Å²) >= 11 is 0. The number of anilines is 1. The first-order valence-corrected chi connectivity index (χ1v) is 15.9. The number of hydrogen-bond acceptors (Lipinski definition) is 6. The van der Waals surface area contributed by atoms with E-state index in [1.807, 2.05) is 54.6 Å². The van der Waals surface area contributed by atoms with Crippen molar-refractivity contribution in [3.63, 3.8) is 0 Å². The molecule has 0 atom stereocenters. The van der Waals surface area contributed by atoms with E-state index >= 15 is 0 Å². The van der Waals surface area contributed by atoms with Crippen molar-refractivity contribution in [1.82, 2.24) is 14.5 Å². The van der Waals surface area contributed by atoms with Gasteiger partial charge in [-0.3, -0.25) is 19.3 Å². The number of methoxy groups -OCH3 is 2. The van der Waals surface area contributed by atoms with Crippen molar-refractivity contribution in [3.05, 3.63) is 156 Å². The zero-order chi connectivity index (χ0) is 33.6. The maximum atomic E-state index is 13.0. The van der Waals surface area contributed by atoms with Crippen LogP contribution < -0.4 is 36.6 Å². The Morgan fingerprint density at radius 1 is 0.854 bits per heavy atom. The van der Waals surface area contributed by atoms with Crippen molar-refractivity contribution in [2.75, 3.05) is 32.6 Å². The summed E-state index contributed by atoms with van der Waals surface area (Å²) in [6.45, 7) is 2.79. The average molecular weight is 643 g/mol. The van der Waals surface area contributed by atoms with Crippen molar-refractivity contribution in [2.45, 2.75) is 19.4 Å². The molecule has 2 N–H and O–H groups in total. The van der Waals surface area contributed by atoms with Crippen LogP contribution in [-0.2, 0) is 26.4 Å². The van der Waals surface area contributed by atoms with E-state index in [0.717, 1.165) is 49.5 Å². The third-order valence-electron chi connectivity index (χ3n) is 8.69. The zero-order valence-electron chi connectivity index (χ0n) is 27.3. The van der Waals surface area contributed by atoms with Crippen LogP contribution in [0.2, 0.25) is 0 Å². The number of benzene rings is 4. The van der Waals surface area contributed by atoms with Crippen molar-refractivity contribution in [3.8, 4) is 11.5 Å². The Morgan fingerprint density at radius 3 is 2.21 bits per heavy atom. The topological polar surface area (TPSA) is 106 Å². The molecule has 48 heavy (non-hydrogen) atoms. The smallest absolute Gasteiger partial charge is 0.274 e. The number of aromatic amines is 1. The van der Waals surface area contributed by atoms with Crippen molar-refractivity contribution < 1.29 is 14.3 Å². The summed E-state index contributed by atoms with van der Waals surface area (Å²) in [4.78, 5) is 43.9. The molecule has 1 aromatic heterocycles. The summed E-state index contributed by atoms with van der Waals surface area (Å²) < 4.78 is 12.3. The van der Waals surface area contributed by atoms with E-state index in [2.05, 4.69) is 27.3 Å². The minimum atomic E-state index is -0.367. The highest BCUT2D eigenvalue weighted by Gasteiger charge is 2.19. The number of H-pyrrole nitrogens is 1. The quantitative estimate of drug-likeness (QED) is 0.255. The van der Waals surface area contributed by atoms with E-state index in [9.17, 15) is 14.4 Å². The largest absolute Gasteiger partial charge is 0.493 e. The third kappa shape index (κ3) is 7.32. The van der Waals surface area contributed by atoms with Gasteiger partial charge in [-0.1, -0.05) is 54.6 Å². The highest BCUT2D eigenvalue weighted by molar-refractivity contribution is 6.04. The minimum absolute atomic E-state index is 0.163. The van der Waals surface area contributed by atoms with Crippen LogP contribution in [0.25, 0.3) is 12.2 Å². The van der Waals surface area contributed by atoms with Crippen LogP contribution in [-0.4, -0.2) is 47.7 Å². The van der Waals surface area contributed by atoms with Gasteiger partial charge in [0.15, 0.2) is 11.5 Å². The maximum absolute atomic E-state index is 13.0. The molecule has 6 rings (SSSR count). The summed E-state index contributed by atoms with van der Waals surface area (Å²) in [6.07, 6.45) is 5.15. The summed E-state index contributed by atoms with van der Waals surface area (Å²) in [5, 5.41) is 3.38. The van der Waals surface area contributed by atoms with Crippen LogP contribution >= 0.6 is 0 Å². The second kappa shape index (κ2) is 14.4. The second-order valence-electron chi connectivity index (χ2n) is 11.8. The molecule has 2 heterocycles. The first-order chi connectivity index (χ1) is 23.3. The summed E-state index contributed by atoms with van der Waals surface area (Å²) in [5.74, 6) is 1.29. The summed E-state index contributed by atoms with van der Waals surface area (Å²) in [5.41, 5.74) is 5.77. The van der Waals surface area contributed by atoms with Gasteiger partial charge in [-0.25, -0.2) is 0 Å². The van der Waals surface area contributed by atoms with Gasteiger partial charge in [0.1, 0.15) is 10.7 Å². The predicted molar refractivity (Wildman–Crippen MR) is 188 cm³/mol. The molecule has 0 unspecified atom stereocenters. The molecule has 4 aromatic carbocycles. The fourth-order valence-corrected chi connectivity index (χ4v) is 5.92. The molecule has 244 valence electrons. The molecule has 0 saturated heterocycles. The molecule has 1 aliphatic heterocycles. The van der Waals surface area contributed by atoms with Gasteiger partial charge in [0.05, 0.1) is 14.2 Å². The molecular weight excluding hydrogens is 604 g/mol. The molecule has 0 radical (unpaired) electrons. The number of hydrogen-bond donors (Lipinski definition) is 2. The fraction of sp³-hybridized carbons (Fsp3) is 0.205. The minimum Gasteiger partial charge on any atom is -0.493 e. The lowest BCUT2D eigenvalue weighted by Gasteiger charge is -2.29. The van der Waals surface area contributed by atoms with Crippen LogP contribution in [0.5, 0.6) is 11.5 Å². The summed E-state index contributed by atoms with van der Waals surface area (Å²) in [6, 6.07) is 28.3. The Hall–Kier alpha value is -5.67. The van der Waals surface area contributed by atoms with E-state index < -0.39 is 0 Å². The Labute approximate surface area is 278 Å². The second-order valence-corrected chi connectivity index (χ2v) is 11.8. The number of aromatic nitrogens is 2. The number of ether oxygens (including phenoxy) is 2. The number of fused-ring (bicyclic) bond motifs is 1. The standard InChI is InChI=1S/C39H38N4O5/c1-42-34(22-27-7-5-4-6-8-27)38(45)41-33(39(42)46)21-28-9-13-29(14-10-28)37(44)40-32-15-11-26(12-16-32)17-19-43-20-18-30-23-35(47-2)36(48-3)24-31(30)25-43/h4-16,21-24H,17-20,25H2,1-3H3,(H,40,44)(H,41,45)/b33-21-,34-22-. The predicted octanol–water partition coefficient (Wildman–Crippen LogP) is 3.60. The molecule has 5 aromatic rings. The van der Waals surface area contributed by atoms with Gasteiger partial charge >= 0.3 is 0 Å². The molecule has 0 spiro atoms. The molecule has 0 saturated carbocycles. The van der Waals surface area contributed by atoms with Gasteiger partial charge in [0, 0.05) is 37.9 Å². The number of nitrogens with one attached hydrogen (secondary N) is 2. The summed E-state index contributed by atoms with van der Waals surface area (Å²) in [7, 11) is 4.90. The number of amides is 1. The lowest BCUT2D eigenvalue weighted by molar-refractivity contribution is 0.102. The lowest BCUT2D eigenvalue weighted by atomic mass is 9.98. The van der Waals surface area contributed by atoms with Crippen LogP contribution in [0.1, 0.15) is 38.2 Å². The number of carbonyl (C=O) groups is 1. The van der Waals surface area contributed by atoms with Crippen molar-refractivity contribution >= 4 is 23.7 Å². The van der Waals surface area contributed by atoms with Gasteiger partial charge in [0.2, 0.25) is 0 Å². The van der Waals surface area contributed by atoms with E-state index in [4.69, 9.17) is 9.47 Å². The highest BCUT2D eigenvalue weighted by atomic mass is 16.5. The normalized spacial score (nSPS) is 13.6. The van der Waals surface area contributed by atoms with Crippen LogP contribution in [0.15, 0.2) is 101 Å². The van der Waals surface area contributed by atoms with Crippen molar-refractivity contribution in [1.29, 1.82) is 0 Å². The first kappa shape index (κ1) is 32.3. The van der Waals surface area contributed by atoms with Crippen molar-refractivity contribution in [2.24, 2.45) is 7.05 Å². The molecule has 9 nitrogen and oxygen atoms in total. The number of rotatable bonds is 9. The third-order valence-corrected chi connectivity index (χ3v) is 8.69. The van der Waals surface area contributed by atoms with E-state index in [1.165, 1.54) is 21.3 Å².